The van der Waals surface area contributed by atoms with Crippen LogP contribution in [-0.4, -0.2) is 79.1 Å². The number of carbonyl (C=O) groups is 2. The summed E-state index contributed by atoms with van der Waals surface area (Å²) in [7, 11) is -1.92. The van der Waals surface area contributed by atoms with Gasteiger partial charge in [-0.15, -0.1) is 11.3 Å². The SMILES string of the molecule is CCNC(=O)Nc1cc(-c2nc(C(F)(F)F)cs2)c(-c2ccc3c(c2)c(=O)c(C(=O)OCC)cn3[C@H]2CCCN(CCO[Si](C)(C)C(C)(C)C)C2)cn1. The molecule has 1 saturated heterocycles. The van der Waals surface area contributed by atoms with Gasteiger partial charge in [-0.25, -0.2) is 19.6 Å². The van der Waals surface area contributed by atoms with Crippen LogP contribution < -0.4 is 16.1 Å². The minimum absolute atomic E-state index is 0.0475. The first kappa shape index (κ1) is 40.1. The number of esters is 1. The molecule has 2 amide bonds. The second kappa shape index (κ2) is 16.1. The third kappa shape index (κ3) is 9.16. The number of amides is 2. The molecule has 0 aliphatic carbocycles. The molecule has 11 nitrogen and oxygen atoms in total. The molecule has 0 bridgehead atoms. The Kier molecular flexibility index (Phi) is 12.2. The highest BCUT2D eigenvalue weighted by Gasteiger charge is 2.37. The second-order valence-corrected chi connectivity index (χ2v) is 20.2. The van der Waals surface area contributed by atoms with Gasteiger partial charge in [0, 0.05) is 66.6 Å². The van der Waals surface area contributed by atoms with E-state index in [1.165, 1.54) is 12.3 Å². The Labute approximate surface area is 312 Å². The fraction of sp³-hybridized carbons (Fsp3) is 0.486. The Morgan fingerprint density at radius 1 is 1.11 bits per heavy atom. The lowest BCUT2D eigenvalue weighted by molar-refractivity contribution is -0.140. The molecule has 0 unspecified atom stereocenters. The van der Waals surface area contributed by atoms with Gasteiger partial charge in [-0.1, -0.05) is 26.8 Å². The summed E-state index contributed by atoms with van der Waals surface area (Å²) in [5.41, 5.74) is 0.0480. The number of piperidine rings is 1. The number of thiazole rings is 1. The van der Waals surface area contributed by atoms with Crippen molar-refractivity contribution in [3.05, 3.63) is 63.5 Å². The predicted molar refractivity (Wildman–Crippen MR) is 204 cm³/mol. The number of urea groups is 1. The average molecular weight is 773 g/mol. The van der Waals surface area contributed by atoms with Crippen molar-refractivity contribution in [2.24, 2.45) is 0 Å². The number of pyridine rings is 2. The van der Waals surface area contributed by atoms with E-state index in [9.17, 15) is 27.6 Å². The van der Waals surface area contributed by atoms with Crippen molar-refractivity contribution < 1.29 is 31.9 Å². The average Bonchev–Trinajstić information content (AvgIpc) is 3.60. The molecule has 3 aromatic heterocycles. The largest absolute Gasteiger partial charge is 0.462 e. The molecule has 0 radical (unpaired) electrons. The molecular formula is C37H47F3N6O5SSi. The molecule has 1 atom stereocenters. The van der Waals surface area contributed by atoms with Gasteiger partial charge in [-0.3, -0.25) is 15.0 Å². The van der Waals surface area contributed by atoms with Gasteiger partial charge in [0.05, 0.1) is 12.1 Å². The molecule has 2 N–H and O–H groups in total. The van der Waals surface area contributed by atoms with Crippen molar-refractivity contribution >= 4 is 48.4 Å². The van der Waals surface area contributed by atoms with Crippen LogP contribution in [0.1, 0.15) is 69.6 Å². The van der Waals surface area contributed by atoms with Crippen LogP contribution in [0.25, 0.3) is 32.6 Å². The summed E-state index contributed by atoms with van der Waals surface area (Å²) in [4.78, 5) is 50.0. The summed E-state index contributed by atoms with van der Waals surface area (Å²) >= 11 is 0.798. The van der Waals surface area contributed by atoms with Crippen molar-refractivity contribution in [2.45, 2.75) is 77.8 Å². The molecule has 1 aromatic carbocycles. The van der Waals surface area contributed by atoms with E-state index in [1.807, 2.05) is 4.57 Å². The van der Waals surface area contributed by atoms with Gasteiger partial charge >= 0.3 is 18.2 Å². The van der Waals surface area contributed by atoms with Gasteiger partial charge in [-0.2, -0.15) is 13.2 Å². The molecule has 0 spiro atoms. The molecule has 16 heteroatoms. The van der Waals surface area contributed by atoms with E-state index < -0.39 is 37.6 Å². The third-order valence-corrected chi connectivity index (χ3v) is 15.3. The number of hydrogen-bond donors (Lipinski definition) is 2. The topological polar surface area (TPSA) is 128 Å². The number of aromatic nitrogens is 3. The predicted octanol–water partition coefficient (Wildman–Crippen LogP) is 8.18. The van der Waals surface area contributed by atoms with E-state index in [0.29, 0.717) is 36.3 Å². The molecule has 5 rings (SSSR count). The number of anilines is 1. The standard InChI is InChI=1S/C37H47F3N6O5SSi/c1-8-41-35(49)44-31-18-25(33-43-30(22-52-33)37(38,39)40)27(19-42-31)23-12-13-29-26(17-23)32(47)28(34(48)50-9-2)21-46(29)24-11-10-14-45(20-24)15-16-51-53(6,7)36(3,4)5/h12-13,17-19,21-22,24H,8-11,14-16,20H2,1-7H3,(H2,41,42,44,49)/t24-/m0/s1. The molecule has 4 aromatic rings. The number of benzene rings is 1. The first-order valence-corrected chi connectivity index (χ1v) is 21.5. The summed E-state index contributed by atoms with van der Waals surface area (Å²) in [5.74, 6) is -0.637. The normalized spacial score (nSPS) is 15.8. The van der Waals surface area contributed by atoms with E-state index >= 15 is 0 Å². The summed E-state index contributed by atoms with van der Waals surface area (Å²) in [6.45, 7) is 17.9. The monoisotopic (exact) mass is 772 g/mol. The van der Waals surface area contributed by atoms with Gasteiger partial charge in [0.15, 0.2) is 14.0 Å². The highest BCUT2D eigenvalue weighted by molar-refractivity contribution is 7.13. The van der Waals surface area contributed by atoms with Crippen molar-refractivity contribution in [1.29, 1.82) is 0 Å². The van der Waals surface area contributed by atoms with Crippen LogP contribution in [0.2, 0.25) is 18.1 Å². The van der Waals surface area contributed by atoms with E-state index in [4.69, 9.17) is 9.16 Å². The molecule has 4 heterocycles. The van der Waals surface area contributed by atoms with Crippen LogP contribution in [-0.2, 0) is 15.3 Å². The minimum Gasteiger partial charge on any atom is -0.462 e. The number of carbonyl (C=O) groups excluding carboxylic acids is 2. The molecule has 53 heavy (non-hydrogen) atoms. The van der Waals surface area contributed by atoms with Crippen LogP contribution in [0.15, 0.2) is 46.8 Å². The van der Waals surface area contributed by atoms with E-state index in [0.717, 1.165) is 42.6 Å². The molecule has 1 fully saturated rings. The lowest BCUT2D eigenvalue weighted by Crippen LogP contribution is -2.44. The highest BCUT2D eigenvalue weighted by Crippen LogP contribution is 2.40. The number of alkyl halides is 3. The second-order valence-electron chi connectivity index (χ2n) is 14.6. The zero-order valence-electron chi connectivity index (χ0n) is 31.1. The third-order valence-electron chi connectivity index (χ3n) is 9.90. The number of nitrogens with zero attached hydrogens (tertiary/aromatic N) is 4. The zero-order chi connectivity index (χ0) is 38.7. The van der Waals surface area contributed by atoms with Gasteiger partial charge in [0.1, 0.15) is 16.4 Å². The smallest absolute Gasteiger partial charge is 0.434 e. The molecule has 286 valence electrons. The van der Waals surface area contributed by atoms with Gasteiger partial charge in [-0.05, 0) is 75.1 Å². The Hall–Kier alpha value is -4.12. The Morgan fingerprint density at radius 3 is 2.53 bits per heavy atom. The van der Waals surface area contributed by atoms with Crippen LogP contribution in [0.5, 0.6) is 0 Å². The number of halogens is 3. The Balaban J connectivity index is 1.57. The van der Waals surface area contributed by atoms with Crippen LogP contribution in [0.3, 0.4) is 0 Å². The van der Waals surface area contributed by atoms with Gasteiger partial charge in [0.2, 0.25) is 5.43 Å². The Bertz CT molecular complexity index is 2030. The van der Waals surface area contributed by atoms with E-state index in [-0.39, 0.29) is 45.0 Å². The lowest BCUT2D eigenvalue weighted by Gasteiger charge is -2.38. The number of fused-ring (bicyclic) bond motifs is 1. The van der Waals surface area contributed by atoms with Crippen LogP contribution >= 0.6 is 11.3 Å². The van der Waals surface area contributed by atoms with Crippen LogP contribution in [0.4, 0.5) is 23.8 Å². The lowest BCUT2D eigenvalue weighted by atomic mass is 9.98. The van der Waals surface area contributed by atoms with Crippen molar-refractivity contribution in [3.63, 3.8) is 0 Å². The summed E-state index contributed by atoms with van der Waals surface area (Å²) in [6.07, 6.45) is 0.0803. The van der Waals surface area contributed by atoms with Crippen molar-refractivity contribution in [2.75, 3.05) is 44.7 Å². The number of rotatable bonds is 11. The van der Waals surface area contributed by atoms with Crippen molar-refractivity contribution in [1.82, 2.24) is 24.8 Å². The first-order valence-electron chi connectivity index (χ1n) is 17.7. The van der Waals surface area contributed by atoms with E-state index in [2.05, 4.69) is 59.4 Å². The number of ether oxygens (including phenoxy) is 1. The Morgan fingerprint density at radius 2 is 1.87 bits per heavy atom. The zero-order valence-corrected chi connectivity index (χ0v) is 33.0. The fourth-order valence-corrected chi connectivity index (χ4v) is 7.96. The maximum atomic E-state index is 14.0. The first-order chi connectivity index (χ1) is 24.9. The maximum Gasteiger partial charge on any atom is 0.434 e. The number of nitrogens with one attached hydrogen (secondary N) is 2. The molecule has 1 aliphatic heterocycles. The number of hydrogen-bond acceptors (Lipinski definition) is 9. The minimum atomic E-state index is -4.66. The summed E-state index contributed by atoms with van der Waals surface area (Å²) in [5, 5.41) is 6.51. The maximum absolute atomic E-state index is 14.0. The number of likely N-dealkylation sites (tertiary alicyclic amines) is 1. The van der Waals surface area contributed by atoms with E-state index in [1.54, 1.807) is 38.2 Å². The molecule has 1 aliphatic rings. The molecular weight excluding hydrogens is 726 g/mol. The highest BCUT2D eigenvalue weighted by atomic mass is 32.1. The fourth-order valence-electron chi connectivity index (χ4n) is 6.07. The quantitative estimate of drug-likeness (QED) is 0.116. The van der Waals surface area contributed by atoms with Gasteiger partial charge < -0.3 is 19.0 Å². The van der Waals surface area contributed by atoms with Gasteiger partial charge in [0.25, 0.3) is 0 Å². The summed E-state index contributed by atoms with van der Waals surface area (Å²) < 4.78 is 54.5. The summed E-state index contributed by atoms with van der Waals surface area (Å²) in [6, 6.07) is 6.04. The van der Waals surface area contributed by atoms with Crippen molar-refractivity contribution in [3.8, 4) is 21.7 Å². The molecule has 0 saturated carbocycles. The van der Waals surface area contributed by atoms with Crippen LogP contribution in [0, 0.1) is 0 Å².